The maximum Gasteiger partial charge on any atom is 0.240 e. The molecule has 1 aliphatic carbocycles. The van der Waals surface area contributed by atoms with Gasteiger partial charge in [-0.25, -0.2) is 0 Å². The van der Waals surface area contributed by atoms with Crippen LogP contribution in [-0.2, 0) is 14.3 Å². The first kappa shape index (κ1) is 11.5. The summed E-state index contributed by atoms with van der Waals surface area (Å²) in [6.07, 6.45) is 3.39. The Bertz CT molecular complexity index is 284. The van der Waals surface area contributed by atoms with E-state index in [0.29, 0.717) is 18.5 Å². The number of carbonyl (C=O) groups excluding carboxylic acids is 2. The van der Waals surface area contributed by atoms with E-state index in [2.05, 4.69) is 5.32 Å². The van der Waals surface area contributed by atoms with Crippen LogP contribution < -0.4 is 5.32 Å². The normalized spacial score (nSPS) is 24.3. The Morgan fingerprint density at radius 1 is 1.31 bits per heavy atom. The number of ether oxygens (including phenoxy) is 1. The topological polar surface area (TPSA) is 58.6 Å². The molecule has 1 saturated heterocycles. The second-order valence-corrected chi connectivity index (χ2v) is 4.86. The zero-order valence-corrected chi connectivity index (χ0v) is 9.62. The monoisotopic (exact) mass is 226 g/mol. The standard InChI is InChI=1S/C11H18N2O3/c1-16-5-4-11(2-3-11)8-13-6-9(14)12-10(15)7-13/h2-8H2,1H3,(H,12,14,15). The van der Waals surface area contributed by atoms with Gasteiger partial charge in [0.05, 0.1) is 13.1 Å². The highest BCUT2D eigenvalue weighted by atomic mass is 16.5. The van der Waals surface area contributed by atoms with Gasteiger partial charge in [0.1, 0.15) is 0 Å². The molecule has 0 spiro atoms. The molecule has 1 heterocycles. The molecule has 5 heteroatoms. The molecule has 5 nitrogen and oxygen atoms in total. The van der Waals surface area contributed by atoms with E-state index in [1.807, 2.05) is 4.90 Å². The van der Waals surface area contributed by atoms with Crippen LogP contribution in [0, 0.1) is 5.41 Å². The third-order valence-corrected chi connectivity index (χ3v) is 3.37. The van der Waals surface area contributed by atoms with Crippen molar-refractivity contribution < 1.29 is 14.3 Å². The molecule has 0 unspecified atom stereocenters. The van der Waals surface area contributed by atoms with Gasteiger partial charge in [0.15, 0.2) is 0 Å². The van der Waals surface area contributed by atoms with Gasteiger partial charge in [-0.15, -0.1) is 0 Å². The largest absolute Gasteiger partial charge is 0.385 e. The lowest BCUT2D eigenvalue weighted by Gasteiger charge is -2.29. The molecule has 1 aliphatic heterocycles. The van der Waals surface area contributed by atoms with Gasteiger partial charge in [-0.1, -0.05) is 0 Å². The number of piperazine rings is 1. The van der Waals surface area contributed by atoms with Crippen LogP contribution in [0.3, 0.4) is 0 Å². The van der Waals surface area contributed by atoms with Gasteiger partial charge in [-0.05, 0) is 24.7 Å². The van der Waals surface area contributed by atoms with Crippen molar-refractivity contribution in [2.75, 3.05) is 33.4 Å². The molecule has 0 atom stereocenters. The summed E-state index contributed by atoms with van der Waals surface area (Å²) in [5, 5.41) is 2.31. The predicted molar refractivity (Wildman–Crippen MR) is 57.7 cm³/mol. The number of hydrogen-bond acceptors (Lipinski definition) is 4. The summed E-state index contributed by atoms with van der Waals surface area (Å²) in [5.74, 6) is -0.363. The maximum absolute atomic E-state index is 11.2. The quantitative estimate of drug-likeness (QED) is 0.657. The summed E-state index contributed by atoms with van der Waals surface area (Å²) >= 11 is 0. The van der Waals surface area contributed by atoms with Crippen LogP contribution in [0.5, 0.6) is 0 Å². The van der Waals surface area contributed by atoms with E-state index in [9.17, 15) is 9.59 Å². The Morgan fingerprint density at radius 3 is 2.44 bits per heavy atom. The number of amides is 2. The SMILES string of the molecule is COCCC1(CN2CC(=O)NC(=O)C2)CC1. The summed E-state index contributed by atoms with van der Waals surface area (Å²) in [5.41, 5.74) is 0.300. The second kappa shape index (κ2) is 4.51. The van der Waals surface area contributed by atoms with E-state index in [1.165, 1.54) is 12.8 Å². The van der Waals surface area contributed by atoms with Crippen molar-refractivity contribution in [3.05, 3.63) is 0 Å². The Kier molecular flexibility index (Phi) is 3.25. The molecular formula is C11H18N2O3. The third kappa shape index (κ3) is 2.80. The zero-order chi connectivity index (χ0) is 11.6. The smallest absolute Gasteiger partial charge is 0.240 e. The Balaban J connectivity index is 1.84. The fraction of sp³-hybridized carbons (Fsp3) is 0.818. The fourth-order valence-electron chi connectivity index (χ4n) is 2.27. The highest BCUT2D eigenvalue weighted by Crippen LogP contribution is 2.49. The molecule has 90 valence electrons. The van der Waals surface area contributed by atoms with Crippen molar-refractivity contribution in [1.82, 2.24) is 10.2 Å². The molecule has 0 aromatic rings. The summed E-state index contributed by atoms with van der Waals surface area (Å²) in [4.78, 5) is 24.4. The van der Waals surface area contributed by atoms with Gasteiger partial charge in [0, 0.05) is 20.3 Å². The first-order chi connectivity index (χ1) is 7.63. The van der Waals surface area contributed by atoms with E-state index >= 15 is 0 Å². The summed E-state index contributed by atoms with van der Waals surface area (Å²) in [7, 11) is 1.70. The Hall–Kier alpha value is -0.940. The molecular weight excluding hydrogens is 208 g/mol. The Labute approximate surface area is 95.1 Å². The lowest BCUT2D eigenvalue weighted by molar-refractivity contribution is -0.136. The van der Waals surface area contributed by atoms with E-state index in [0.717, 1.165) is 19.6 Å². The highest BCUT2D eigenvalue weighted by molar-refractivity contribution is 5.99. The van der Waals surface area contributed by atoms with Gasteiger partial charge >= 0.3 is 0 Å². The second-order valence-electron chi connectivity index (χ2n) is 4.86. The minimum absolute atomic E-state index is 0.182. The van der Waals surface area contributed by atoms with E-state index in [4.69, 9.17) is 4.74 Å². The first-order valence-corrected chi connectivity index (χ1v) is 5.68. The molecule has 2 aliphatic rings. The van der Waals surface area contributed by atoms with Crippen LogP contribution in [0.4, 0.5) is 0 Å². The summed E-state index contributed by atoms with van der Waals surface area (Å²) in [6.45, 7) is 2.30. The molecule has 2 amide bonds. The lowest BCUT2D eigenvalue weighted by atomic mass is 10.0. The molecule has 1 saturated carbocycles. The van der Waals surface area contributed by atoms with Crippen molar-refractivity contribution in [3.63, 3.8) is 0 Å². The third-order valence-electron chi connectivity index (χ3n) is 3.37. The molecule has 2 rings (SSSR count). The van der Waals surface area contributed by atoms with Crippen LogP contribution in [0.15, 0.2) is 0 Å². The molecule has 16 heavy (non-hydrogen) atoms. The van der Waals surface area contributed by atoms with Gasteiger partial charge < -0.3 is 4.74 Å². The van der Waals surface area contributed by atoms with E-state index < -0.39 is 0 Å². The molecule has 0 aromatic carbocycles. The maximum atomic E-state index is 11.2. The van der Waals surface area contributed by atoms with Crippen LogP contribution in [0.1, 0.15) is 19.3 Å². The van der Waals surface area contributed by atoms with Crippen molar-refractivity contribution in [1.29, 1.82) is 0 Å². The average molecular weight is 226 g/mol. The number of methoxy groups -OCH3 is 1. The van der Waals surface area contributed by atoms with E-state index in [1.54, 1.807) is 7.11 Å². The van der Waals surface area contributed by atoms with Crippen molar-refractivity contribution in [2.24, 2.45) is 5.41 Å². The zero-order valence-electron chi connectivity index (χ0n) is 9.62. The van der Waals surface area contributed by atoms with Gasteiger partial charge in [0.25, 0.3) is 0 Å². The van der Waals surface area contributed by atoms with Gasteiger partial charge in [-0.2, -0.15) is 0 Å². The number of carbonyl (C=O) groups is 2. The van der Waals surface area contributed by atoms with Crippen LogP contribution in [0.2, 0.25) is 0 Å². The van der Waals surface area contributed by atoms with Crippen molar-refractivity contribution in [2.45, 2.75) is 19.3 Å². The van der Waals surface area contributed by atoms with Crippen LogP contribution in [-0.4, -0.2) is 50.1 Å². The predicted octanol–water partition coefficient (Wildman–Crippen LogP) is -0.238. The summed E-state index contributed by atoms with van der Waals surface area (Å²) in [6, 6.07) is 0. The molecule has 0 aromatic heterocycles. The van der Waals surface area contributed by atoms with Gasteiger partial charge in [-0.3, -0.25) is 19.8 Å². The average Bonchev–Trinajstić information content (AvgIpc) is 2.94. The van der Waals surface area contributed by atoms with Crippen LogP contribution in [0.25, 0.3) is 0 Å². The summed E-state index contributed by atoms with van der Waals surface area (Å²) < 4.78 is 5.08. The number of hydrogen-bond donors (Lipinski definition) is 1. The molecule has 0 radical (unpaired) electrons. The van der Waals surface area contributed by atoms with Crippen LogP contribution >= 0.6 is 0 Å². The number of nitrogens with zero attached hydrogens (tertiary/aromatic N) is 1. The highest BCUT2D eigenvalue weighted by Gasteiger charge is 2.44. The Morgan fingerprint density at radius 2 is 1.94 bits per heavy atom. The van der Waals surface area contributed by atoms with Gasteiger partial charge in [0.2, 0.25) is 11.8 Å². The lowest BCUT2D eigenvalue weighted by Crippen LogP contribution is -2.52. The number of nitrogens with one attached hydrogen (secondary N) is 1. The van der Waals surface area contributed by atoms with E-state index in [-0.39, 0.29) is 11.8 Å². The molecule has 1 N–H and O–H groups in total. The number of rotatable bonds is 5. The minimum atomic E-state index is -0.182. The van der Waals surface area contributed by atoms with Crippen molar-refractivity contribution >= 4 is 11.8 Å². The fourth-order valence-corrected chi connectivity index (χ4v) is 2.27. The molecule has 0 bridgehead atoms. The minimum Gasteiger partial charge on any atom is -0.385 e. The van der Waals surface area contributed by atoms with Crippen molar-refractivity contribution in [3.8, 4) is 0 Å². The molecule has 2 fully saturated rings. The number of imide groups is 1. The first-order valence-electron chi connectivity index (χ1n) is 5.68.